The maximum Gasteiger partial charge on any atom is 0.0754 e. The predicted octanol–water partition coefficient (Wildman–Crippen LogP) is 15.9. The third kappa shape index (κ3) is 5.25. The van der Waals surface area contributed by atoms with E-state index in [1.54, 1.807) is 0 Å². The van der Waals surface area contributed by atoms with Gasteiger partial charge in [-0.15, -0.1) is 0 Å². The molecule has 1 spiro atoms. The van der Waals surface area contributed by atoms with E-state index in [1.165, 1.54) is 94.3 Å². The largest absolute Gasteiger partial charge is 0.310 e. The van der Waals surface area contributed by atoms with Crippen molar-refractivity contribution >= 4 is 38.9 Å². The summed E-state index contributed by atoms with van der Waals surface area (Å²) in [5.74, 6) is 0. The number of hydrogen-bond donors (Lipinski definition) is 0. The van der Waals surface area contributed by atoms with Gasteiger partial charge in [0.05, 0.1) is 22.1 Å². The lowest BCUT2D eigenvalue weighted by Gasteiger charge is -2.39. The Bertz CT molecular complexity index is 3550. The zero-order valence-electron chi connectivity index (χ0n) is 34.5. The van der Waals surface area contributed by atoms with Gasteiger partial charge in [0.1, 0.15) is 0 Å². The van der Waals surface area contributed by atoms with Gasteiger partial charge in [0, 0.05) is 27.8 Å². The average Bonchev–Trinajstić information content (AvgIpc) is 3.85. The number of anilines is 3. The van der Waals surface area contributed by atoms with E-state index in [2.05, 4.69) is 252 Å². The summed E-state index contributed by atoms with van der Waals surface area (Å²) in [5, 5.41) is 2.59. The highest BCUT2D eigenvalue weighted by Gasteiger charge is 2.50. The van der Waals surface area contributed by atoms with E-state index < -0.39 is 5.41 Å². The first kappa shape index (κ1) is 35.5. The fourth-order valence-electron chi connectivity index (χ4n) is 10.9. The average molecular weight is 801 g/mol. The maximum absolute atomic E-state index is 2.51. The third-order valence-electron chi connectivity index (χ3n) is 13.6. The van der Waals surface area contributed by atoms with Gasteiger partial charge in [0.2, 0.25) is 0 Å². The van der Waals surface area contributed by atoms with Crippen LogP contribution < -0.4 is 4.90 Å². The van der Waals surface area contributed by atoms with Gasteiger partial charge >= 0.3 is 0 Å². The van der Waals surface area contributed by atoms with E-state index in [0.717, 1.165) is 17.1 Å². The summed E-state index contributed by atoms with van der Waals surface area (Å²) >= 11 is 0. The number of fused-ring (bicyclic) bond motifs is 12. The quantitative estimate of drug-likeness (QED) is 0.163. The van der Waals surface area contributed by atoms with Crippen LogP contribution >= 0.6 is 0 Å². The first-order valence-electron chi connectivity index (χ1n) is 21.8. The summed E-state index contributed by atoms with van der Waals surface area (Å²) in [7, 11) is 0. The zero-order chi connectivity index (χ0) is 41.5. The first-order valence-corrected chi connectivity index (χ1v) is 21.8. The zero-order valence-corrected chi connectivity index (χ0v) is 34.5. The van der Waals surface area contributed by atoms with Crippen molar-refractivity contribution in [3.63, 3.8) is 0 Å². The first-order chi connectivity index (χ1) is 31.3. The second-order valence-corrected chi connectivity index (χ2v) is 16.8. The van der Waals surface area contributed by atoms with Gasteiger partial charge in [-0.25, -0.2) is 0 Å². The standard InChI is InChI=1S/C61H40N2/c1-3-15-41(16-4-1)42-29-31-43(32-30-42)45-17-13-20-49(39-45)62(47-18-5-2-6-19-47)48-36-33-44(34-37-48)46-35-38-55-53(40-46)50-21-7-9-24-54(50)61(55)56-25-10-12-28-59(56)63-58-27-11-8-22-51(58)52-23-14-26-57(61)60(52)63/h1-40H. The van der Waals surface area contributed by atoms with Gasteiger partial charge in [-0.3, -0.25) is 0 Å². The van der Waals surface area contributed by atoms with E-state index in [9.17, 15) is 0 Å². The molecule has 1 unspecified atom stereocenters. The monoisotopic (exact) mass is 800 g/mol. The topological polar surface area (TPSA) is 8.17 Å². The molecule has 0 fully saturated rings. The van der Waals surface area contributed by atoms with Gasteiger partial charge in [-0.2, -0.15) is 0 Å². The van der Waals surface area contributed by atoms with Crippen molar-refractivity contribution in [2.75, 3.05) is 4.90 Å². The van der Waals surface area contributed by atoms with Crippen molar-refractivity contribution in [2.24, 2.45) is 0 Å². The van der Waals surface area contributed by atoms with Crippen LogP contribution in [0.1, 0.15) is 22.3 Å². The molecule has 11 aromatic rings. The molecule has 0 radical (unpaired) electrons. The SMILES string of the molecule is c1ccc(-c2ccc(-c3cccc(N(c4ccccc4)c4ccc(-c5ccc6c(c5)-c5ccccc5C65c6ccccc6-n6c7ccccc7c7cccc5c76)cc4)c3)cc2)cc1. The summed E-state index contributed by atoms with van der Waals surface area (Å²) in [6, 6.07) is 89.3. The Morgan fingerprint density at radius 3 is 1.62 bits per heavy atom. The van der Waals surface area contributed by atoms with Crippen LogP contribution in [0.25, 0.3) is 72.0 Å². The molecule has 63 heavy (non-hydrogen) atoms. The van der Waals surface area contributed by atoms with Gasteiger partial charge in [0.25, 0.3) is 0 Å². The minimum atomic E-state index is -0.455. The van der Waals surface area contributed by atoms with Gasteiger partial charge < -0.3 is 9.47 Å². The van der Waals surface area contributed by atoms with Crippen LogP contribution in [-0.4, -0.2) is 4.57 Å². The predicted molar refractivity (Wildman–Crippen MR) is 263 cm³/mol. The van der Waals surface area contributed by atoms with E-state index in [1.807, 2.05) is 0 Å². The molecule has 2 heterocycles. The fourth-order valence-corrected chi connectivity index (χ4v) is 10.9. The number of benzene rings is 10. The molecule has 10 aromatic carbocycles. The Labute approximate surface area is 367 Å². The summed E-state index contributed by atoms with van der Waals surface area (Å²) in [6.45, 7) is 0. The maximum atomic E-state index is 2.51. The molecular weight excluding hydrogens is 761 g/mol. The molecule has 13 rings (SSSR count). The van der Waals surface area contributed by atoms with E-state index in [0.29, 0.717) is 0 Å². The minimum Gasteiger partial charge on any atom is -0.310 e. The molecule has 0 saturated heterocycles. The van der Waals surface area contributed by atoms with Crippen molar-refractivity contribution in [3.8, 4) is 50.2 Å². The Hall–Kier alpha value is -8.20. The van der Waals surface area contributed by atoms with Crippen LogP contribution in [0.5, 0.6) is 0 Å². The summed E-state index contributed by atoms with van der Waals surface area (Å²) in [5.41, 5.74) is 21.8. The lowest BCUT2D eigenvalue weighted by atomic mass is 9.65. The molecule has 0 bridgehead atoms. The normalized spacial score (nSPS) is 14.4. The highest BCUT2D eigenvalue weighted by atomic mass is 15.1. The van der Waals surface area contributed by atoms with Crippen molar-refractivity contribution in [1.29, 1.82) is 0 Å². The minimum absolute atomic E-state index is 0.455. The highest BCUT2D eigenvalue weighted by Crippen LogP contribution is 2.61. The van der Waals surface area contributed by atoms with Crippen molar-refractivity contribution < 1.29 is 0 Å². The third-order valence-corrected chi connectivity index (χ3v) is 13.6. The van der Waals surface area contributed by atoms with Crippen LogP contribution in [0.15, 0.2) is 243 Å². The van der Waals surface area contributed by atoms with Crippen LogP contribution in [0.4, 0.5) is 17.1 Å². The summed E-state index contributed by atoms with van der Waals surface area (Å²) < 4.78 is 2.51. The van der Waals surface area contributed by atoms with Crippen LogP contribution in [0, 0.1) is 0 Å². The van der Waals surface area contributed by atoms with Crippen LogP contribution in [-0.2, 0) is 5.41 Å². The summed E-state index contributed by atoms with van der Waals surface area (Å²) in [6.07, 6.45) is 0. The molecule has 1 atom stereocenters. The smallest absolute Gasteiger partial charge is 0.0754 e. The lowest BCUT2D eigenvalue weighted by molar-refractivity contribution is 0.748. The molecular formula is C61H40N2. The molecule has 2 nitrogen and oxygen atoms in total. The molecule has 1 aliphatic carbocycles. The molecule has 0 saturated carbocycles. The fraction of sp³-hybridized carbons (Fsp3) is 0.0164. The molecule has 1 aromatic heterocycles. The Morgan fingerprint density at radius 1 is 0.302 bits per heavy atom. The van der Waals surface area contributed by atoms with E-state index in [4.69, 9.17) is 0 Å². The van der Waals surface area contributed by atoms with Crippen molar-refractivity contribution in [3.05, 3.63) is 265 Å². The molecule has 1 aliphatic heterocycles. The van der Waals surface area contributed by atoms with Gasteiger partial charge in [-0.1, -0.05) is 188 Å². The van der Waals surface area contributed by atoms with Gasteiger partial charge in [0.15, 0.2) is 0 Å². The van der Waals surface area contributed by atoms with Crippen molar-refractivity contribution in [1.82, 2.24) is 4.57 Å². The Morgan fingerprint density at radius 2 is 0.810 bits per heavy atom. The second-order valence-electron chi connectivity index (χ2n) is 16.8. The number of rotatable bonds is 6. The second kappa shape index (κ2) is 13.9. The van der Waals surface area contributed by atoms with Crippen molar-refractivity contribution in [2.45, 2.75) is 5.41 Å². The van der Waals surface area contributed by atoms with Crippen LogP contribution in [0.3, 0.4) is 0 Å². The molecule has 0 amide bonds. The Kier molecular flexibility index (Phi) is 7.85. The number of hydrogen-bond acceptors (Lipinski definition) is 1. The molecule has 294 valence electrons. The van der Waals surface area contributed by atoms with Gasteiger partial charge in [-0.05, 0) is 121 Å². The lowest BCUT2D eigenvalue weighted by Crippen LogP contribution is -2.33. The highest BCUT2D eigenvalue weighted by molar-refractivity contribution is 6.13. The van der Waals surface area contributed by atoms with E-state index in [-0.39, 0.29) is 0 Å². The summed E-state index contributed by atoms with van der Waals surface area (Å²) in [4.78, 5) is 2.36. The number of aromatic nitrogens is 1. The van der Waals surface area contributed by atoms with Crippen LogP contribution in [0.2, 0.25) is 0 Å². The number of para-hydroxylation sites is 4. The molecule has 0 N–H and O–H groups in total. The number of nitrogens with zero attached hydrogens (tertiary/aromatic N) is 2. The van der Waals surface area contributed by atoms with E-state index >= 15 is 0 Å². The molecule has 2 heteroatoms. The Balaban J connectivity index is 0.911. The molecule has 2 aliphatic rings.